The number of benzene rings is 2. The largest absolute Gasteiger partial charge is 0.444 e. The number of aromatic nitrogens is 1. The van der Waals surface area contributed by atoms with Gasteiger partial charge in [-0.25, -0.2) is 4.79 Å². The number of pyridine rings is 1. The van der Waals surface area contributed by atoms with E-state index in [1.54, 1.807) is 57.2 Å². The maximum absolute atomic E-state index is 12.5. The Kier molecular flexibility index (Phi) is 8.01. The smallest absolute Gasteiger partial charge is 0.407 e. The Morgan fingerprint density at radius 2 is 1.44 bits per heavy atom. The van der Waals surface area contributed by atoms with E-state index in [0.29, 0.717) is 23.5 Å². The van der Waals surface area contributed by atoms with Gasteiger partial charge in [0.15, 0.2) is 0 Å². The first-order valence-corrected chi connectivity index (χ1v) is 11.3. The van der Waals surface area contributed by atoms with Crippen LogP contribution < -0.4 is 16.0 Å². The fourth-order valence-electron chi connectivity index (χ4n) is 2.79. The van der Waals surface area contributed by atoms with Gasteiger partial charge in [-0.15, -0.1) is 0 Å². The van der Waals surface area contributed by atoms with Gasteiger partial charge in [-0.2, -0.15) is 0 Å². The molecule has 1 heterocycles. The van der Waals surface area contributed by atoms with E-state index in [0.717, 1.165) is 10.0 Å². The molecule has 9 heteroatoms. The van der Waals surface area contributed by atoms with Crippen molar-refractivity contribution >= 4 is 45.2 Å². The van der Waals surface area contributed by atoms with Crippen LogP contribution in [0, 0.1) is 0 Å². The number of amides is 3. The molecule has 0 saturated carbocycles. The first kappa shape index (κ1) is 24.9. The number of nitrogens with one attached hydrogen (secondary N) is 3. The van der Waals surface area contributed by atoms with Crippen LogP contribution in [0.25, 0.3) is 0 Å². The van der Waals surface area contributed by atoms with Crippen molar-refractivity contribution in [1.82, 2.24) is 10.3 Å². The van der Waals surface area contributed by atoms with Gasteiger partial charge in [0.1, 0.15) is 11.3 Å². The predicted molar refractivity (Wildman–Crippen MR) is 134 cm³/mol. The summed E-state index contributed by atoms with van der Waals surface area (Å²) in [5, 5.41) is 8.21. The quantitative estimate of drug-likeness (QED) is 0.401. The Labute approximate surface area is 206 Å². The average Bonchev–Trinajstić information content (AvgIpc) is 2.79. The minimum Gasteiger partial charge on any atom is -0.444 e. The summed E-state index contributed by atoms with van der Waals surface area (Å²) in [4.78, 5) is 40.7. The van der Waals surface area contributed by atoms with Gasteiger partial charge in [0, 0.05) is 28.6 Å². The number of alkyl carbamates (subject to hydrolysis) is 1. The van der Waals surface area contributed by atoms with Gasteiger partial charge in [-0.3, -0.25) is 14.6 Å². The third-order valence-electron chi connectivity index (χ3n) is 4.41. The van der Waals surface area contributed by atoms with Gasteiger partial charge >= 0.3 is 6.09 Å². The standard InChI is InChI=1S/C25H25BrN4O4/c1-25(2,3)34-24(33)28-14-16-4-9-19(10-5-16)29-22(31)17-6-13-21(27-15-17)23(32)30-20-11-7-18(26)8-12-20/h4-13,15H,14H2,1-3H3,(H,28,33)(H,29,31)(H,30,32). The van der Waals surface area contributed by atoms with E-state index in [9.17, 15) is 14.4 Å². The minimum atomic E-state index is -0.561. The van der Waals surface area contributed by atoms with Gasteiger partial charge in [-0.1, -0.05) is 28.1 Å². The van der Waals surface area contributed by atoms with Crippen molar-refractivity contribution in [2.24, 2.45) is 0 Å². The topological polar surface area (TPSA) is 109 Å². The normalized spacial score (nSPS) is 10.8. The molecular weight excluding hydrogens is 500 g/mol. The van der Waals surface area contributed by atoms with E-state index in [1.165, 1.54) is 18.3 Å². The van der Waals surface area contributed by atoms with Crippen LogP contribution in [0.4, 0.5) is 16.2 Å². The fraction of sp³-hybridized carbons (Fsp3) is 0.200. The second-order valence-corrected chi connectivity index (χ2v) is 9.32. The van der Waals surface area contributed by atoms with Crippen LogP contribution in [0.3, 0.4) is 0 Å². The van der Waals surface area contributed by atoms with E-state index in [1.807, 2.05) is 12.1 Å². The van der Waals surface area contributed by atoms with E-state index < -0.39 is 11.7 Å². The molecule has 0 saturated heterocycles. The molecule has 0 aliphatic heterocycles. The van der Waals surface area contributed by atoms with E-state index >= 15 is 0 Å². The molecule has 2 aromatic carbocycles. The van der Waals surface area contributed by atoms with Crippen LogP contribution in [0.1, 0.15) is 47.2 Å². The van der Waals surface area contributed by atoms with Gasteiger partial charge < -0.3 is 20.7 Å². The van der Waals surface area contributed by atoms with Crippen LogP contribution in [0.2, 0.25) is 0 Å². The number of ether oxygens (including phenoxy) is 1. The number of nitrogens with zero attached hydrogens (tertiary/aromatic N) is 1. The highest BCUT2D eigenvalue weighted by atomic mass is 79.9. The summed E-state index contributed by atoms with van der Waals surface area (Å²) in [5.74, 6) is -0.725. The number of carbonyl (C=O) groups is 3. The number of anilines is 2. The monoisotopic (exact) mass is 524 g/mol. The van der Waals surface area contributed by atoms with Crippen molar-refractivity contribution in [1.29, 1.82) is 0 Å². The van der Waals surface area contributed by atoms with Crippen LogP contribution in [0.15, 0.2) is 71.3 Å². The number of carbonyl (C=O) groups excluding carboxylic acids is 3. The lowest BCUT2D eigenvalue weighted by molar-refractivity contribution is 0.0523. The van der Waals surface area contributed by atoms with E-state index in [2.05, 4.69) is 36.9 Å². The van der Waals surface area contributed by atoms with Crippen LogP contribution in [0.5, 0.6) is 0 Å². The van der Waals surface area contributed by atoms with Crippen LogP contribution in [-0.4, -0.2) is 28.5 Å². The maximum Gasteiger partial charge on any atom is 0.407 e. The Balaban J connectivity index is 1.52. The molecule has 3 aromatic rings. The minimum absolute atomic E-state index is 0.196. The maximum atomic E-state index is 12.5. The van der Waals surface area contributed by atoms with Crippen molar-refractivity contribution in [2.75, 3.05) is 10.6 Å². The highest BCUT2D eigenvalue weighted by Crippen LogP contribution is 2.16. The lowest BCUT2D eigenvalue weighted by Gasteiger charge is -2.19. The summed E-state index contributed by atoms with van der Waals surface area (Å²) >= 11 is 3.34. The van der Waals surface area contributed by atoms with Crippen molar-refractivity contribution in [3.05, 3.63) is 88.2 Å². The van der Waals surface area contributed by atoms with Crippen molar-refractivity contribution in [3.63, 3.8) is 0 Å². The zero-order valence-corrected chi connectivity index (χ0v) is 20.6. The molecule has 0 bridgehead atoms. The third-order valence-corrected chi connectivity index (χ3v) is 4.94. The second-order valence-electron chi connectivity index (χ2n) is 8.40. The van der Waals surface area contributed by atoms with Gasteiger partial charge in [-0.05, 0) is 74.9 Å². The van der Waals surface area contributed by atoms with Gasteiger partial charge in [0.05, 0.1) is 5.56 Å². The van der Waals surface area contributed by atoms with Crippen molar-refractivity contribution < 1.29 is 19.1 Å². The Morgan fingerprint density at radius 3 is 2.00 bits per heavy atom. The predicted octanol–water partition coefficient (Wildman–Crippen LogP) is 5.37. The Morgan fingerprint density at radius 1 is 0.853 bits per heavy atom. The zero-order valence-electron chi connectivity index (χ0n) is 19.0. The molecule has 0 atom stereocenters. The molecule has 0 radical (unpaired) electrons. The summed E-state index contributed by atoms with van der Waals surface area (Å²) in [5.41, 5.74) is 2.03. The average molecular weight is 525 g/mol. The van der Waals surface area contributed by atoms with Gasteiger partial charge in [0.2, 0.25) is 0 Å². The summed E-state index contributed by atoms with van der Waals surface area (Å²) in [7, 11) is 0. The van der Waals surface area contributed by atoms with Crippen molar-refractivity contribution in [3.8, 4) is 0 Å². The molecule has 0 aliphatic carbocycles. The summed E-state index contributed by atoms with van der Waals surface area (Å²) in [6.07, 6.45) is 0.858. The Bertz CT molecular complexity index is 1160. The Hall–Kier alpha value is -3.72. The lowest BCUT2D eigenvalue weighted by Crippen LogP contribution is -2.32. The molecule has 3 rings (SSSR count). The molecular formula is C25H25BrN4O4. The van der Waals surface area contributed by atoms with Crippen LogP contribution in [-0.2, 0) is 11.3 Å². The summed E-state index contributed by atoms with van der Waals surface area (Å²) in [6, 6.07) is 17.3. The second kappa shape index (κ2) is 10.9. The number of halogens is 1. The number of hydrogen-bond acceptors (Lipinski definition) is 5. The highest BCUT2D eigenvalue weighted by molar-refractivity contribution is 9.10. The molecule has 3 amide bonds. The molecule has 1 aromatic heterocycles. The zero-order chi connectivity index (χ0) is 24.7. The molecule has 0 spiro atoms. The molecule has 3 N–H and O–H groups in total. The molecule has 8 nitrogen and oxygen atoms in total. The van der Waals surface area contributed by atoms with Crippen molar-refractivity contribution in [2.45, 2.75) is 32.9 Å². The van der Waals surface area contributed by atoms with Crippen LogP contribution >= 0.6 is 15.9 Å². The third kappa shape index (κ3) is 7.70. The SMILES string of the molecule is CC(C)(C)OC(=O)NCc1ccc(NC(=O)c2ccc(C(=O)Nc3ccc(Br)cc3)nc2)cc1. The highest BCUT2D eigenvalue weighted by Gasteiger charge is 2.16. The first-order valence-electron chi connectivity index (χ1n) is 10.5. The summed E-state index contributed by atoms with van der Waals surface area (Å²) < 4.78 is 6.11. The molecule has 176 valence electrons. The van der Waals surface area contributed by atoms with Gasteiger partial charge in [0.25, 0.3) is 11.8 Å². The number of rotatable bonds is 6. The molecule has 0 unspecified atom stereocenters. The molecule has 0 fully saturated rings. The van der Waals surface area contributed by atoms with E-state index in [-0.39, 0.29) is 17.5 Å². The fourth-order valence-corrected chi connectivity index (χ4v) is 3.05. The lowest BCUT2D eigenvalue weighted by atomic mass is 10.2. The number of hydrogen-bond donors (Lipinski definition) is 3. The molecule has 0 aliphatic rings. The summed E-state index contributed by atoms with van der Waals surface area (Å²) in [6.45, 7) is 5.69. The van der Waals surface area contributed by atoms with E-state index in [4.69, 9.17) is 4.74 Å². The molecule has 34 heavy (non-hydrogen) atoms. The first-order chi connectivity index (χ1) is 16.1.